The van der Waals surface area contributed by atoms with Crippen LogP contribution in [0.4, 0.5) is 0 Å². The summed E-state index contributed by atoms with van der Waals surface area (Å²) in [6.45, 7) is 1.51. The van der Waals surface area contributed by atoms with Crippen LogP contribution in [0.25, 0.3) is 0 Å². The predicted octanol–water partition coefficient (Wildman–Crippen LogP) is -0.635. The summed E-state index contributed by atoms with van der Waals surface area (Å²) in [4.78, 5) is 24.1. The third kappa shape index (κ3) is 11.2. The molecule has 0 aliphatic heterocycles. The van der Waals surface area contributed by atoms with Gasteiger partial charge in [-0.25, -0.2) is 0 Å². The fourth-order valence-electron chi connectivity index (χ4n) is 0. The Kier molecular flexibility index (Phi) is 7.23. The van der Waals surface area contributed by atoms with E-state index in [1.165, 1.54) is 6.92 Å². The Morgan fingerprint density at radius 3 is 1.43 bits per heavy atom. The first kappa shape index (κ1) is 11.4. The van der Waals surface area contributed by atoms with Crippen molar-refractivity contribution in [1.82, 2.24) is 0 Å². The topological polar surface area (TPSA) is 60.7 Å². The standard InChI is InChI=1S/C2H8O3P.Ca/c1-2-6(3,4)5;/h3-5H,2H2,1H3;/q+1;. The van der Waals surface area contributed by atoms with E-state index in [4.69, 9.17) is 14.7 Å². The van der Waals surface area contributed by atoms with Crippen molar-refractivity contribution in [3.8, 4) is 0 Å². The summed E-state index contributed by atoms with van der Waals surface area (Å²) in [5.41, 5.74) is 0. The third-order valence-electron chi connectivity index (χ3n) is 0.424. The van der Waals surface area contributed by atoms with Crippen molar-refractivity contribution in [2.24, 2.45) is 0 Å². The van der Waals surface area contributed by atoms with Gasteiger partial charge in [-0.1, -0.05) is 0 Å². The van der Waals surface area contributed by atoms with E-state index in [1.54, 1.807) is 0 Å². The van der Waals surface area contributed by atoms with E-state index in [9.17, 15) is 0 Å². The minimum atomic E-state index is -3.40. The molecule has 0 bridgehead atoms. The zero-order valence-electron chi connectivity index (χ0n) is 4.20. The van der Waals surface area contributed by atoms with Gasteiger partial charge in [-0.15, -0.1) is 0 Å². The molecule has 0 aliphatic rings. The third-order valence-corrected chi connectivity index (χ3v) is 1.27. The molecule has 0 saturated heterocycles. The van der Waals surface area contributed by atoms with Gasteiger partial charge in [-0.3, -0.25) is 0 Å². The van der Waals surface area contributed by atoms with Gasteiger partial charge in [0.05, 0.1) is 0 Å². The fourth-order valence-corrected chi connectivity index (χ4v) is 0. The average Bonchev–Trinajstić information content (AvgIpc) is 1.35. The molecule has 3 nitrogen and oxygen atoms in total. The van der Waals surface area contributed by atoms with Crippen molar-refractivity contribution in [1.29, 1.82) is 0 Å². The van der Waals surface area contributed by atoms with Crippen molar-refractivity contribution >= 4 is 45.7 Å². The summed E-state index contributed by atoms with van der Waals surface area (Å²) in [5, 5.41) is 0. The average molecular weight is 151 g/mol. The van der Waals surface area contributed by atoms with Crippen LogP contribution in [0.3, 0.4) is 0 Å². The van der Waals surface area contributed by atoms with E-state index < -0.39 is 7.94 Å². The van der Waals surface area contributed by atoms with E-state index in [1.807, 2.05) is 0 Å². The molecule has 0 rings (SSSR count). The van der Waals surface area contributed by atoms with Crippen LogP contribution in [0.15, 0.2) is 0 Å². The zero-order chi connectivity index (χ0) is 5.21. The first-order valence-electron chi connectivity index (χ1n) is 1.62. The van der Waals surface area contributed by atoms with Crippen molar-refractivity contribution in [2.45, 2.75) is 6.92 Å². The first-order chi connectivity index (χ1) is 2.56. The molecule has 2 radical (unpaired) electrons. The van der Waals surface area contributed by atoms with E-state index >= 15 is 0 Å². The van der Waals surface area contributed by atoms with Gasteiger partial charge in [0.2, 0.25) is 0 Å². The summed E-state index contributed by atoms with van der Waals surface area (Å²) < 4.78 is 0. The molecule has 5 heteroatoms. The van der Waals surface area contributed by atoms with Crippen LogP contribution in [0, 0.1) is 0 Å². The zero-order valence-corrected chi connectivity index (χ0v) is 7.31. The van der Waals surface area contributed by atoms with Gasteiger partial charge in [0, 0.05) is 37.7 Å². The SMILES string of the molecule is CC[P+](O)(O)O.[Ca]. The van der Waals surface area contributed by atoms with Crippen LogP contribution in [0.1, 0.15) is 6.92 Å². The van der Waals surface area contributed by atoms with Crippen LogP contribution in [-0.2, 0) is 0 Å². The Labute approximate surface area is 72.9 Å². The molecule has 0 heterocycles. The van der Waals surface area contributed by atoms with Crippen molar-refractivity contribution < 1.29 is 14.7 Å². The van der Waals surface area contributed by atoms with Gasteiger partial charge < -0.3 is 0 Å². The Hall–Kier alpha value is 1.57. The largest absolute Gasteiger partial charge is 0.403 e. The molecular weight excluding hydrogens is 143 g/mol. The second-order valence-electron chi connectivity index (χ2n) is 1.01. The molecule has 0 amide bonds. The minimum absolute atomic E-state index is 0. The minimum Gasteiger partial charge on any atom is -0.193 e. The molecule has 0 atom stereocenters. The summed E-state index contributed by atoms with van der Waals surface area (Å²) in [6, 6.07) is 0. The first-order valence-corrected chi connectivity index (χ1v) is 3.46. The molecule has 0 aromatic rings. The molecule has 0 fully saturated rings. The van der Waals surface area contributed by atoms with Crippen molar-refractivity contribution in [2.75, 3.05) is 6.16 Å². The maximum atomic E-state index is 8.05. The molecule has 0 aromatic carbocycles. The maximum absolute atomic E-state index is 8.05. The van der Waals surface area contributed by atoms with Crippen molar-refractivity contribution in [3.63, 3.8) is 0 Å². The van der Waals surface area contributed by atoms with Gasteiger partial charge in [0.25, 0.3) is 0 Å². The molecule has 3 N–H and O–H groups in total. The number of hydrogen-bond acceptors (Lipinski definition) is 3. The summed E-state index contributed by atoms with van der Waals surface area (Å²) >= 11 is 0. The normalized spacial score (nSPS) is 10.3. The van der Waals surface area contributed by atoms with Crippen LogP contribution < -0.4 is 0 Å². The van der Waals surface area contributed by atoms with Gasteiger partial charge in [0.15, 0.2) is 0 Å². The van der Waals surface area contributed by atoms with Gasteiger partial charge in [-0.2, -0.15) is 14.7 Å². The molecule has 0 saturated carbocycles. The Balaban J connectivity index is 0. The molecule has 0 aromatic heterocycles. The van der Waals surface area contributed by atoms with E-state index in [2.05, 4.69) is 0 Å². The van der Waals surface area contributed by atoms with E-state index in [0.29, 0.717) is 0 Å². The summed E-state index contributed by atoms with van der Waals surface area (Å²) in [6.07, 6.45) is 0.0486. The van der Waals surface area contributed by atoms with Crippen LogP contribution in [0.5, 0.6) is 0 Å². The molecule has 0 aliphatic carbocycles. The maximum Gasteiger partial charge on any atom is 0.403 e. The number of hydrogen-bond donors (Lipinski definition) is 3. The Morgan fingerprint density at radius 1 is 1.29 bits per heavy atom. The molecule has 7 heavy (non-hydrogen) atoms. The quantitative estimate of drug-likeness (QED) is 0.345. The van der Waals surface area contributed by atoms with E-state index in [-0.39, 0.29) is 43.9 Å². The van der Waals surface area contributed by atoms with Gasteiger partial charge in [-0.05, 0) is 6.92 Å². The summed E-state index contributed by atoms with van der Waals surface area (Å²) in [7, 11) is -3.40. The van der Waals surface area contributed by atoms with Crippen LogP contribution in [-0.4, -0.2) is 58.6 Å². The molecular formula is C2H8CaO3P+. The molecule has 0 unspecified atom stereocenters. The molecule has 0 spiro atoms. The second kappa shape index (κ2) is 4.45. The van der Waals surface area contributed by atoms with Crippen LogP contribution >= 0.6 is 7.94 Å². The second-order valence-corrected chi connectivity index (χ2v) is 3.03. The predicted molar refractivity (Wildman–Crippen MR) is 29.9 cm³/mol. The van der Waals surface area contributed by atoms with Crippen LogP contribution in [0.2, 0.25) is 0 Å². The Bertz CT molecular complexity index is 42.7. The number of rotatable bonds is 1. The summed E-state index contributed by atoms with van der Waals surface area (Å²) in [5.74, 6) is 0. The van der Waals surface area contributed by atoms with Gasteiger partial charge in [0.1, 0.15) is 6.16 Å². The molecule has 40 valence electrons. The van der Waals surface area contributed by atoms with Crippen molar-refractivity contribution in [3.05, 3.63) is 0 Å². The monoisotopic (exact) mass is 151 g/mol. The Morgan fingerprint density at radius 2 is 1.43 bits per heavy atom. The smallest absolute Gasteiger partial charge is 0.193 e. The van der Waals surface area contributed by atoms with E-state index in [0.717, 1.165) is 0 Å². The fraction of sp³-hybridized carbons (Fsp3) is 1.00. The van der Waals surface area contributed by atoms with Gasteiger partial charge >= 0.3 is 7.94 Å².